The van der Waals surface area contributed by atoms with Gasteiger partial charge in [0, 0.05) is 24.2 Å². The minimum Gasteiger partial charge on any atom is -0.508 e. The van der Waals surface area contributed by atoms with Crippen LogP contribution in [0.15, 0.2) is 18.2 Å². The highest BCUT2D eigenvalue weighted by molar-refractivity contribution is 5.68. The van der Waals surface area contributed by atoms with Crippen LogP contribution >= 0.6 is 0 Å². The number of alkyl carbamates (subject to hydrolysis) is 1. The molecule has 2 unspecified atom stereocenters. The molecule has 6 heteroatoms. The molecule has 1 fully saturated rings. The van der Waals surface area contributed by atoms with Gasteiger partial charge in [-0.25, -0.2) is 9.18 Å². The molecule has 0 radical (unpaired) electrons. The average molecular weight is 324 g/mol. The van der Waals surface area contributed by atoms with Crippen molar-refractivity contribution in [2.24, 2.45) is 0 Å². The van der Waals surface area contributed by atoms with Crippen molar-refractivity contribution >= 4 is 6.09 Å². The first-order valence-electron chi connectivity index (χ1n) is 7.95. The van der Waals surface area contributed by atoms with Gasteiger partial charge in [0.2, 0.25) is 0 Å². The lowest BCUT2D eigenvalue weighted by Gasteiger charge is -2.25. The molecule has 0 heterocycles. The third kappa shape index (κ3) is 5.39. The number of carbonyl (C=O) groups is 1. The van der Waals surface area contributed by atoms with E-state index in [9.17, 15) is 14.3 Å². The van der Waals surface area contributed by atoms with Crippen LogP contribution in [0.4, 0.5) is 9.18 Å². The first-order chi connectivity index (χ1) is 10.7. The highest BCUT2D eigenvalue weighted by atomic mass is 19.1. The van der Waals surface area contributed by atoms with Crippen LogP contribution in [0.5, 0.6) is 5.75 Å². The highest BCUT2D eigenvalue weighted by Crippen LogP contribution is 2.22. The van der Waals surface area contributed by atoms with Gasteiger partial charge in [-0.05, 0) is 58.2 Å². The fourth-order valence-corrected chi connectivity index (χ4v) is 2.77. The molecule has 2 atom stereocenters. The molecule has 23 heavy (non-hydrogen) atoms. The van der Waals surface area contributed by atoms with E-state index >= 15 is 0 Å². The molecule has 128 valence electrons. The minimum absolute atomic E-state index is 0.0273. The molecular weight excluding hydrogens is 299 g/mol. The van der Waals surface area contributed by atoms with Crippen LogP contribution < -0.4 is 10.6 Å². The fraction of sp³-hybridized carbons (Fsp3) is 0.588. The van der Waals surface area contributed by atoms with Crippen molar-refractivity contribution in [3.8, 4) is 5.75 Å². The van der Waals surface area contributed by atoms with Crippen molar-refractivity contribution < 1.29 is 19.0 Å². The van der Waals surface area contributed by atoms with Crippen molar-refractivity contribution in [2.45, 2.75) is 64.3 Å². The number of nitrogens with one attached hydrogen (secondary N) is 2. The summed E-state index contributed by atoms with van der Waals surface area (Å²) in [5.41, 5.74) is -0.0215. The Balaban J connectivity index is 1.89. The Morgan fingerprint density at radius 3 is 2.74 bits per heavy atom. The number of phenols is 1. The molecule has 3 N–H and O–H groups in total. The number of aromatic hydroxyl groups is 1. The molecule has 2 rings (SSSR count). The Morgan fingerprint density at radius 1 is 1.35 bits per heavy atom. The Bertz CT molecular complexity index is 557. The molecule has 0 bridgehead atoms. The Morgan fingerprint density at radius 2 is 2.04 bits per heavy atom. The van der Waals surface area contributed by atoms with Crippen LogP contribution in [0.25, 0.3) is 0 Å². The van der Waals surface area contributed by atoms with Crippen molar-refractivity contribution in [1.82, 2.24) is 10.6 Å². The highest BCUT2D eigenvalue weighted by Gasteiger charge is 2.29. The molecule has 5 nitrogen and oxygen atoms in total. The summed E-state index contributed by atoms with van der Waals surface area (Å²) in [5.74, 6) is -0.317. The lowest BCUT2D eigenvalue weighted by molar-refractivity contribution is 0.0498. The molecule has 1 amide bonds. The monoisotopic (exact) mass is 324 g/mol. The van der Waals surface area contributed by atoms with Gasteiger partial charge in [0.1, 0.15) is 17.2 Å². The lowest BCUT2D eigenvalue weighted by atomic mass is 10.1. The van der Waals surface area contributed by atoms with E-state index in [2.05, 4.69) is 10.6 Å². The van der Waals surface area contributed by atoms with E-state index < -0.39 is 11.7 Å². The van der Waals surface area contributed by atoms with E-state index in [-0.39, 0.29) is 23.7 Å². The Labute approximate surface area is 136 Å². The molecule has 1 aromatic carbocycles. The topological polar surface area (TPSA) is 70.6 Å². The third-order valence-electron chi connectivity index (χ3n) is 3.81. The maximum Gasteiger partial charge on any atom is 0.407 e. The number of hydrogen-bond acceptors (Lipinski definition) is 4. The number of hydrogen-bond donors (Lipinski definition) is 3. The Kier molecular flexibility index (Phi) is 5.46. The zero-order valence-electron chi connectivity index (χ0n) is 13.9. The summed E-state index contributed by atoms with van der Waals surface area (Å²) < 4.78 is 18.5. The number of phenolic OH excluding ortho intramolecular Hbond substituents is 1. The number of halogens is 1. The van der Waals surface area contributed by atoms with Gasteiger partial charge in [0.05, 0.1) is 0 Å². The van der Waals surface area contributed by atoms with Crippen LogP contribution in [0, 0.1) is 5.82 Å². The first-order valence-corrected chi connectivity index (χ1v) is 7.95. The maximum atomic E-state index is 13.2. The molecule has 0 spiro atoms. The van der Waals surface area contributed by atoms with Gasteiger partial charge in [-0.3, -0.25) is 0 Å². The smallest absolute Gasteiger partial charge is 0.407 e. The second-order valence-electron chi connectivity index (χ2n) is 6.94. The third-order valence-corrected chi connectivity index (χ3v) is 3.81. The first kappa shape index (κ1) is 17.5. The van der Waals surface area contributed by atoms with E-state index in [0.717, 1.165) is 19.3 Å². The summed E-state index contributed by atoms with van der Waals surface area (Å²) in [6, 6.07) is 3.93. The predicted octanol–water partition coefficient (Wildman–Crippen LogP) is 3.07. The number of amides is 1. The van der Waals surface area contributed by atoms with Crippen LogP contribution in [-0.4, -0.2) is 28.9 Å². The van der Waals surface area contributed by atoms with Gasteiger partial charge in [-0.1, -0.05) is 0 Å². The zero-order valence-corrected chi connectivity index (χ0v) is 13.9. The summed E-state index contributed by atoms with van der Waals surface area (Å²) in [4.78, 5) is 11.9. The van der Waals surface area contributed by atoms with Crippen LogP contribution in [0.1, 0.15) is 45.6 Å². The molecule has 0 saturated heterocycles. The number of benzene rings is 1. The number of rotatable bonds is 4. The van der Waals surface area contributed by atoms with Gasteiger partial charge in [-0.15, -0.1) is 0 Å². The SMILES string of the molecule is CC(C)(C)OC(=O)NC1CCCC1NCc1cc(F)ccc1O. The van der Waals surface area contributed by atoms with Gasteiger partial charge < -0.3 is 20.5 Å². The molecule has 1 saturated carbocycles. The van der Waals surface area contributed by atoms with Crippen molar-refractivity contribution in [2.75, 3.05) is 0 Å². The minimum atomic E-state index is -0.529. The molecule has 1 aromatic rings. The summed E-state index contributed by atoms with van der Waals surface area (Å²) >= 11 is 0. The largest absolute Gasteiger partial charge is 0.508 e. The summed E-state index contributed by atoms with van der Waals surface area (Å²) in [6.45, 7) is 5.82. The summed E-state index contributed by atoms with van der Waals surface area (Å²) in [7, 11) is 0. The standard InChI is InChI=1S/C17H25FN2O3/c1-17(2,3)23-16(22)20-14-6-4-5-13(14)19-10-11-9-12(18)7-8-15(11)21/h7-9,13-14,19,21H,4-6,10H2,1-3H3,(H,20,22). The van der Waals surface area contributed by atoms with Gasteiger partial charge >= 0.3 is 6.09 Å². The van der Waals surface area contributed by atoms with E-state index in [1.807, 2.05) is 20.8 Å². The van der Waals surface area contributed by atoms with E-state index in [4.69, 9.17) is 4.74 Å². The molecule has 0 aromatic heterocycles. The zero-order chi connectivity index (χ0) is 17.0. The quantitative estimate of drug-likeness (QED) is 0.796. The van der Waals surface area contributed by atoms with E-state index in [1.165, 1.54) is 18.2 Å². The molecule has 0 aliphatic heterocycles. The summed E-state index contributed by atoms with van der Waals surface area (Å²) in [6.07, 6.45) is 2.35. The number of ether oxygens (including phenoxy) is 1. The molecular formula is C17H25FN2O3. The van der Waals surface area contributed by atoms with Gasteiger partial charge in [0.15, 0.2) is 0 Å². The average Bonchev–Trinajstić information content (AvgIpc) is 2.85. The van der Waals surface area contributed by atoms with E-state index in [0.29, 0.717) is 12.1 Å². The lowest BCUT2D eigenvalue weighted by Crippen LogP contribution is -2.47. The number of carbonyl (C=O) groups excluding carboxylic acids is 1. The summed E-state index contributed by atoms with van der Waals surface area (Å²) in [5, 5.41) is 15.9. The van der Waals surface area contributed by atoms with Crippen molar-refractivity contribution in [3.63, 3.8) is 0 Å². The molecule has 1 aliphatic carbocycles. The molecule has 1 aliphatic rings. The van der Waals surface area contributed by atoms with E-state index in [1.54, 1.807) is 0 Å². The maximum absolute atomic E-state index is 13.2. The van der Waals surface area contributed by atoms with Crippen LogP contribution in [0.3, 0.4) is 0 Å². The predicted molar refractivity (Wildman–Crippen MR) is 85.7 cm³/mol. The second kappa shape index (κ2) is 7.17. The normalized spacial score (nSPS) is 21.2. The van der Waals surface area contributed by atoms with Gasteiger partial charge in [0.25, 0.3) is 0 Å². The van der Waals surface area contributed by atoms with Gasteiger partial charge in [-0.2, -0.15) is 0 Å². The Hall–Kier alpha value is -1.82. The fourth-order valence-electron chi connectivity index (χ4n) is 2.77. The van der Waals surface area contributed by atoms with Crippen LogP contribution in [-0.2, 0) is 11.3 Å². The van der Waals surface area contributed by atoms with Crippen molar-refractivity contribution in [1.29, 1.82) is 0 Å². The van der Waals surface area contributed by atoms with Crippen molar-refractivity contribution in [3.05, 3.63) is 29.6 Å². The second-order valence-corrected chi connectivity index (χ2v) is 6.94. The van der Waals surface area contributed by atoms with Crippen LogP contribution in [0.2, 0.25) is 0 Å².